The minimum atomic E-state index is -0.0893. The first-order valence-electron chi connectivity index (χ1n) is 13.1. The molecule has 1 aromatic heterocycles. The van der Waals surface area contributed by atoms with Crippen LogP contribution < -0.4 is 10.3 Å². The average Bonchev–Trinajstić information content (AvgIpc) is 3.63. The molecule has 186 valence electrons. The van der Waals surface area contributed by atoms with Crippen LogP contribution in [0.15, 0.2) is 35.4 Å². The van der Waals surface area contributed by atoms with Gasteiger partial charge in [0.15, 0.2) is 0 Å². The van der Waals surface area contributed by atoms with E-state index in [1.807, 2.05) is 24.3 Å². The van der Waals surface area contributed by atoms with Crippen LogP contribution in [0.2, 0.25) is 5.02 Å². The van der Waals surface area contributed by atoms with E-state index in [0.717, 1.165) is 55.0 Å². The predicted molar refractivity (Wildman–Crippen MR) is 142 cm³/mol. The number of amides is 1. The maximum absolute atomic E-state index is 12.9. The Kier molecular flexibility index (Phi) is 6.18. The van der Waals surface area contributed by atoms with Crippen molar-refractivity contribution in [3.05, 3.63) is 63.7 Å². The Labute approximate surface area is 217 Å². The molecule has 0 radical (unpaired) electrons. The van der Waals surface area contributed by atoms with Crippen molar-refractivity contribution in [3.63, 3.8) is 0 Å². The number of rotatable bonds is 4. The smallest absolute Gasteiger partial charge is 0.270 e. The van der Waals surface area contributed by atoms with E-state index < -0.39 is 0 Å². The van der Waals surface area contributed by atoms with Crippen molar-refractivity contribution in [1.29, 1.82) is 0 Å². The van der Waals surface area contributed by atoms with E-state index in [2.05, 4.69) is 27.1 Å². The Balaban J connectivity index is 1.31. The van der Waals surface area contributed by atoms with E-state index >= 15 is 0 Å². The first-order chi connectivity index (χ1) is 17.5. The summed E-state index contributed by atoms with van der Waals surface area (Å²) in [6, 6.07) is 10.0. The number of anilines is 1. The van der Waals surface area contributed by atoms with Crippen LogP contribution in [0.5, 0.6) is 0 Å². The summed E-state index contributed by atoms with van der Waals surface area (Å²) in [6.45, 7) is 9.23. The van der Waals surface area contributed by atoms with E-state index in [1.165, 1.54) is 25.7 Å². The number of nitrogens with zero attached hydrogens (tertiary/aromatic N) is 5. The number of aryl methyl sites for hydroxylation is 1. The molecule has 1 aromatic carbocycles. The van der Waals surface area contributed by atoms with Gasteiger partial charge in [-0.05, 0) is 75.9 Å². The molecule has 0 bridgehead atoms. The molecule has 1 saturated carbocycles. The van der Waals surface area contributed by atoms with Crippen molar-refractivity contribution < 1.29 is 4.79 Å². The van der Waals surface area contributed by atoms with Crippen molar-refractivity contribution in [2.75, 3.05) is 25.1 Å². The molecule has 8 heteroatoms. The van der Waals surface area contributed by atoms with Gasteiger partial charge in [-0.25, -0.2) is 9.83 Å². The second-order valence-corrected chi connectivity index (χ2v) is 11.1. The molecule has 1 amide bonds. The molecule has 0 spiro atoms. The molecule has 2 aliphatic heterocycles. The fourth-order valence-corrected chi connectivity index (χ4v) is 6.81. The van der Waals surface area contributed by atoms with Crippen LogP contribution in [0.1, 0.15) is 60.3 Å². The Bertz CT molecular complexity index is 1260. The van der Waals surface area contributed by atoms with E-state index in [0.29, 0.717) is 28.2 Å². The molecule has 3 atom stereocenters. The minimum Gasteiger partial charge on any atom is -0.347 e. The Morgan fingerprint density at radius 1 is 1.17 bits per heavy atom. The largest absolute Gasteiger partial charge is 0.347 e. The Morgan fingerprint density at radius 2 is 2.00 bits per heavy atom. The number of hydrogen-bond acceptors (Lipinski definition) is 5. The van der Waals surface area contributed by atoms with Gasteiger partial charge in [0, 0.05) is 29.1 Å². The third-order valence-electron chi connectivity index (χ3n) is 8.36. The molecule has 2 fully saturated rings. The number of fused-ring (bicyclic) bond motifs is 3. The molecular weight excluding hydrogens is 472 g/mol. The molecule has 2 aromatic rings. The third kappa shape index (κ3) is 4.16. The molecule has 36 heavy (non-hydrogen) atoms. The first kappa shape index (κ1) is 23.4. The van der Waals surface area contributed by atoms with Gasteiger partial charge >= 0.3 is 0 Å². The number of carbonyl (C=O) groups excluding carboxylic acids is 1. The molecule has 1 saturated heterocycles. The van der Waals surface area contributed by atoms with Crippen LogP contribution in [0.25, 0.3) is 4.85 Å². The molecule has 2 aliphatic carbocycles. The molecule has 2 unspecified atom stereocenters. The van der Waals surface area contributed by atoms with Crippen LogP contribution in [0, 0.1) is 18.4 Å². The van der Waals surface area contributed by atoms with E-state index in [1.54, 1.807) is 6.07 Å². The van der Waals surface area contributed by atoms with Gasteiger partial charge in [-0.15, -0.1) is 0 Å². The summed E-state index contributed by atoms with van der Waals surface area (Å²) in [5, 5.41) is 11.0. The summed E-state index contributed by atoms with van der Waals surface area (Å²) < 4.78 is 0. The number of pyridine rings is 1. The van der Waals surface area contributed by atoms with E-state index in [4.69, 9.17) is 28.3 Å². The van der Waals surface area contributed by atoms with E-state index in [9.17, 15) is 4.79 Å². The molecule has 3 heterocycles. The average molecular weight is 503 g/mol. The maximum atomic E-state index is 12.9. The van der Waals surface area contributed by atoms with Gasteiger partial charge in [0.2, 0.25) is 5.69 Å². The highest BCUT2D eigenvalue weighted by Crippen LogP contribution is 2.45. The number of hydrazone groups is 1. The highest BCUT2D eigenvalue weighted by Gasteiger charge is 2.46. The molecule has 6 rings (SSSR count). The van der Waals surface area contributed by atoms with Gasteiger partial charge < -0.3 is 10.2 Å². The molecular formula is C28H31ClN6O. The highest BCUT2D eigenvalue weighted by atomic mass is 35.5. The van der Waals surface area contributed by atoms with Gasteiger partial charge in [0.25, 0.3) is 5.91 Å². The number of likely N-dealkylation sites (tertiary alicyclic amines) is 1. The van der Waals surface area contributed by atoms with Crippen molar-refractivity contribution in [2.24, 2.45) is 16.9 Å². The Hall–Kier alpha value is -2.95. The fourth-order valence-electron chi connectivity index (χ4n) is 6.59. The lowest BCUT2D eigenvalue weighted by Crippen LogP contribution is -2.41. The van der Waals surface area contributed by atoms with Gasteiger partial charge in [0.1, 0.15) is 5.69 Å². The lowest BCUT2D eigenvalue weighted by atomic mass is 9.76. The van der Waals surface area contributed by atoms with Crippen LogP contribution in [-0.4, -0.2) is 53.7 Å². The number of halogens is 1. The van der Waals surface area contributed by atoms with Crippen molar-refractivity contribution in [2.45, 2.75) is 57.0 Å². The second kappa shape index (κ2) is 9.49. The summed E-state index contributed by atoms with van der Waals surface area (Å²) in [6.07, 6.45) is 7.77. The van der Waals surface area contributed by atoms with Gasteiger partial charge in [-0.2, -0.15) is 5.10 Å². The lowest BCUT2D eigenvalue weighted by Gasteiger charge is -2.34. The van der Waals surface area contributed by atoms with Crippen LogP contribution >= 0.6 is 11.6 Å². The number of aromatic nitrogens is 1. The number of hydrogen-bond donors (Lipinski definition) is 1. The van der Waals surface area contributed by atoms with Gasteiger partial charge in [0.05, 0.1) is 29.7 Å². The summed E-state index contributed by atoms with van der Waals surface area (Å²) in [4.78, 5) is 23.5. The predicted octanol–water partition coefficient (Wildman–Crippen LogP) is 5.07. The van der Waals surface area contributed by atoms with Gasteiger partial charge in [-0.1, -0.05) is 30.5 Å². The number of nitrogens with one attached hydrogen (secondary N) is 1. The zero-order valence-electron chi connectivity index (χ0n) is 20.6. The van der Waals surface area contributed by atoms with E-state index in [-0.39, 0.29) is 18.0 Å². The monoisotopic (exact) mass is 502 g/mol. The summed E-state index contributed by atoms with van der Waals surface area (Å²) in [7, 11) is 2.08. The first-order valence-corrected chi connectivity index (χ1v) is 13.4. The Morgan fingerprint density at radius 3 is 2.72 bits per heavy atom. The van der Waals surface area contributed by atoms with Crippen molar-refractivity contribution >= 4 is 34.6 Å². The quantitative estimate of drug-likeness (QED) is 0.593. The third-order valence-corrected chi connectivity index (χ3v) is 8.66. The SMILES string of the molecule is [C-]#[N+]c1ccc(N2N=C3c4ccc(C(=O)N[C@H]5CCN(C)C5)nc4CCC3C2C2CCCC2)cc1Cl. The molecule has 4 aliphatic rings. The second-order valence-electron chi connectivity index (χ2n) is 10.7. The number of benzene rings is 1. The number of likely N-dealkylation sites (N-methyl/N-ethyl adjacent to an activating group) is 1. The van der Waals surface area contributed by atoms with Gasteiger partial charge in [-0.3, -0.25) is 9.80 Å². The van der Waals surface area contributed by atoms with Crippen LogP contribution in [0.4, 0.5) is 11.4 Å². The van der Waals surface area contributed by atoms with Crippen LogP contribution in [0.3, 0.4) is 0 Å². The van der Waals surface area contributed by atoms with Crippen LogP contribution in [-0.2, 0) is 6.42 Å². The standard InChI is InChI=1S/C28H31ClN6O/c1-30-24-10-7-19(15-22(24)29)35-27(17-5-3-4-6-17)21-9-11-23-20(26(21)33-35)8-12-25(32-23)28(36)31-18-13-14-34(2)16-18/h7-8,10,12,15,17-18,21,27H,3-6,9,11,13-14,16H2,2H3,(H,31,36)/t18-,21?,27?/m0/s1. The molecule has 7 nitrogen and oxygen atoms in total. The zero-order valence-corrected chi connectivity index (χ0v) is 21.3. The zero-order chi connectivity index (χ0) is 24.8. The summed E-state index contributed by atoms with van der Waals surface area (Å²) in [5.41, 5.74) is 5.01. The van der Waals surface area contributed by atoms with Crippen molar-refractivity contribution in [1.82, 2.24) is 15.2 Å². The highest BCUT2D eigenvalue weighted by molar-refractivity contribution is 6.33. The summed E-state index contributed by atoms with van der Waals surface area (Å²) >= 11 is 6.43. The summed E-state index contributed by atoms with van der Waals surface area (Å²) in [5.74, 6) is 0.823. The normalized spacial score (nSPS) is 25.9. The van der Waals surface area contributed by atoms with Crippen molar-refractivity contribution in [3.8, 4) is 0 Å². The topological polar surface area (TPSA) is 65.2 Å². The number of carbonyl (C=O) groups is 1. The maximum Gasteiger partial charge on any atom is 0.270 e. The minimum absolute atomic E-state index is 0.0893. The molecule has 1 N–H and O–H groups in total. The fraction of sp³-hybridized carbons (Fsp3) is 0.500. The lowest BCUT2D eigenvalue weighted by molar-refractivity contribution is 0.0933.